The highest BCUT2D eigenvalue weighted by molar-refractivity contribution is 7.89. The van der Waals surface area contributed by atoms with Crippen LogP contribution in [0.1, 0.15) is 27.7 Å². The molecule has 1 aromatic heterocycles. The Hall–Kier alpha value is -2.20. The first-order chi connectivity index (χ1) is 13.1. The molecule has 0 bridgehead atoms. The number of amides is 1. The number of ether oxygens (including phenoxy) is 1. The molecule has 0 fully saturated rings. The Balaban J connectivity index is 3.10. The third-order valence-corrected chi connectivity index (χ3v) is 6.47. The van der Waals surface area contributed by atoms with Crippen molar-refractivity contribution >= 4 is 21.9 Å². The van der Waals surface area contributed by atoms with Gasteiger partial charge >= 0.3 is 5.97 Å². The van der Waals surface area contributed by atoms with Crippen LogP contribution in [-0.2, 0) is 30.9 Å². The van der Waals surface area contributed by atoms with Crippen molar-refractivity contribution < 1.29 is 22.7 Å². The smallest absolute Gasteiger partial charge is 0.310 e. The summed E-state index contributed by atoms with van der Waals surface area (Å²) in [6.45, 7) is 7.61. The van der Waals surface area contributed by atoms with E-state index in [-0.39, 0.29) is 18.0 Å². The summed E-state index contributed by atoms with van der Waals surface area (Å²) >= 11 is 0. The van der Waals surface area contributed by atoms with Crippen molar-refractivity contribution in [2.24, 2.45) is 5.92 Å². The van der Waals surface area contributed by atoms with E-state index in [0.29, 0.717) is 19.6 Å². The summed E-state index contributed by atoms with van der Waals surface area (Å²) < 4.78 is 32.3. The van der Waals surface area contributed by atoms with Crippen LogP contribution in [0.15, 0.2) is 28.0 Å². The molecule has 0 aliphatic carbocycles. The molecule has 1 aromatic rings. The summed E-state index contributed by atoms with van der Waals surface area (Å²) in [4.78, 5) is 37.7. The van der Waals surface area contributed by atoms with Crippen LogP contribution in [-0.4, -0.2) is 67.4 Å². The molecule has 0 aliphatic heterocycles. The Bertz CT molecular complexity index is 845. The van der Waals surface area contributed by atoms with Crippen molar-refractivity contribution in [1.29, 1.82) is 0 Å². The first kappa shape index (κ1) is 23.8. The van der Waals surface area contributed by atoms with Gasteiger partial charge in [-0.3, -0.25) is 14.4 Å². The Morgan fingerprint density at radius 2 is 1.75 bits per heavy atom. The molecule has 10 heteroatoms. The van der Waals surface area contributed by atoms with Gasteiger partial charge in [-0.25, -0.2) is 8.42 Å². The summed E-state index contributed by atoms with van der Waals surface area (Å²) in [5.41, 5.74) is -0.482. The lowest BCUT2D eigenvalue weighted by atomic mass is 10.1. The molecule has 0 N–H and O–H groups in total. The molecule has 1 unspecified atom stereocenters. The molecule has 0 saturated carbocycles. The van der Waals surface area contributed by atoms with E-state index in [4.69, 9.17) is 0 Å². The summed E-state index contributed by atoms with van der Waals surface area (Å²) in [7, 11) is -2.47. The standard InChI is InChI=1S/C18H29N3O6S/c1-6-19(11-14(4)18(24)27-5)17(23)13-20-12-15(9-10-16(20)22)28(25,26)21(7-2)8-3/h9-10,12,14H,6-8,11,13H2,1-5H3. The predicted octanol–water partition coefficient (Wildman–Crippen LogP) is 0.536. The Morgan fingerprint density at radius 1 is 1.14 bits per heavy atom. The van der Waals surface area contributed by atoms with Gasteiger partial charge in [0.25, 0.3) is 5.56 Å². The number of aromatic nitrogens is 1. The maximum absolute atomic E-state index is 12.7. The van der Waals surface area contributed by atoms with E-state index in [0.717, 1.165) is 10.6 Å². The number of carbonyl (C=O) groups excluding carboxylic acids is 2. The van der Waals surface area contributed by atoms with Crippen molar-refractivity contribution in [1.82, 2.24) is 13.8 Å². The topological polar surface area (TPSA) is 106 Å². The van der Waals surface area contributed by atoms with E-state index in [1.54, 1.807) is 27.7 Å². The van der Waals surface area contributed by atoms with Crippen molar-refractivity contribution in [2.75, 3.05) is 33.3 Å². The van der Waals surface area contributed by atoms with Gasteiger partial charge < -0.3 is 14.2 Å². The number of hydrogen-bond donors (Lipinski definition) is 0. The summed E-state index contributed by atoms with van der Waals surface area (Å²) in [5.74, 6) is -1.34. The molecule has 158 valence electrons. The second-order valence-electron chi connectivity index (χ2n) is 6.28. The number of likely N-dealkylation sites (N-methyl/N-ethyl adjacent to an activating group) is 1. The van der Waals surface area contributed by atoms with Gasteiger partial charge in [0.05, 0.1) is 17.9 Å². The van der Waals surface area contributed by atoms with E-state index < -0.39 is 33.4 Å². The lowest BCUT2D eigenvalue weighted by molar-refractivity contribution is -0.146. The van der Waals surface area contributed by atoms with Crippen molar-refractivity contribution in [3.05, 3.63) is 28.7 Å². The zero-order valence-corrected chi connectivity index (χ0v) is 17.9. The minimum absolute atomic E-state index is 0.0467. The minimum Gasteiger partial charge on any atom is -0.469 e. The fourth-order valence-corrected chi connectivity index (χ4v) is 4.24. The number of pyridine rings is 1. The molecular weight excluding hydrogens is 386 g/mol. The van der Waals surface area contributed by atoms with E-state index in [2.05, 4.69) is 4.74 Å². The van der Waals surface area contributed by atoms with Gasteiger partial charge in [0.2, 0.25) is 15.9 Å². The van der Waals surface area contributed by atoms with Gasteiger partial charge in [-0.2, -0.15) is 4.31 Å². The average molecular weight is 416 g/mol. The van der Waals surface area contributed by atoms with Gasteiger partial charge in [-0.1, -0.05) is 20.8 Å². The third kappa shape index (κ3) is 5.65. The second kappa shape index (κ2) is 10.4. The van der Waals surface area contributed by atoms with Gasteiger partial charge in [0, 0.05) is 38.4 Å². The van der Waals surface area contributed by atoms with Crippen LogP contribution in [0.3, 0.4) is 0 Å². The molecule has 0 aromatic carbocycles. The maximum atomic E-state index is 12.7. The molecule has 9 nitrogen and oxygen atoms in total. The molecule has 28 heavy (non-hydrogen) atoms. The molecule has 1 rings (SSSR count). The molecule has 0 spiro atoms. The average Bonchev–Trinajstić information content (AvgIpc) is 2.67. The highest BCUT2D eigenvalue weighted by Crippen LogP contribution is 2.14. The zero-order valence-electron chi connectivity index (χ0n) is 17.0. The van der Waals surface area contributed by atoms with Crippen LogP contribution in [0.2, 0.25) is 0 Å². The van der Waals surface area contributed by atoms with Gasteiger partial charge in [0.15, 0.2) is 0 Å². The summed E-state index contributed by atoms with van der Waals surface area (Å²) in [6, 6.07) is 2.38. The Kier molecular flexibility index (Phi) is 8.83. The number of esters is 1. The quantitative estimate of drug-likeness (QED) is 0.516. The van der Waals surface area contributed by atoms with Crippen LogP contribution in [0.5, 0.6) is 0 Å². The van der Waals surface area contributed by atoms with Crippen LogP contribution in [0.4, 0.5) is 0 Å². The van der Waals surface area contributed by atoms with E-state index in [1.165, 1.54) is 28.6 Å². The number of hydrogen-bond acceptors (Lipinski definition) is 6. The minimum atomic E-state index is -3.75. The lowest BCUT2D eigenvalue weighted by Crippen LogP contribution is -2.40. The van der Waals surface area contributed by atoms with Crippen LogP contribution in [0.25, 0.3) is 0 Å². The lowest BCUT2D eigenvalue weighted by Gasteiger charge is -2.24. The predicted molar refractivity (Wildman–Crippen MR) is 104 cm³/mol. The van der Waals surface area contributed by atoms with Crippen molar-refractivity contribution in [3.63, 3.8) is 0 Å². The van der Waals surface area contributed by atoms with E-state index >= 15 is 0 Å². The number of carbonyl (C=O) groups is 2. The Morgan fingerprint density at radius 3 is 2.25 bits per heavy atom. The largest absolute Gasteiger partial charge is 0.469 e. The van der Waals surface area contributed by atoms with Gasteiger partial charge in [-0.05, 0) is 13.0 Å². The molecule has 1 heterocycles. The SMILES string of the molecule is CCN(CC(C)C(=O)OC)C(=O)Cn1cc(S(=O)(=O)N(CC)CC)ccc1=O. The third-order valence-electron chi connectivity index (χ3n) is 4.44. The van der Waals surface area contributed by atoms with Crippen LogP contribution in [0, 0.1) is 5.92 Å². The number of rotatable bonds is 10. The van der Waals surface area contributed by atoms with Gasteiger partial charge in [-0.15, -0.1) is 0 Å². The first-order valence-electron chi connectivity index (χ1n) is 9.18. The molecule has 0 saturated heterocycles. The normalized spacial score (nSPS) is 12.6. The highest BCUT2D eigenvalue weighted by atomic mass is 32.2. The molecule has 1 amide bonds. The molecule has 0 radical (unpaired) electrons. The number of sulfonamides is 1. The molecule has 0 aliphatic rings. The summed E-state index contributed by atoms with van der Waals surface area (Å²) in [6.07, 6.45) is 1.19. The monoisotopic (exact) mass is 415 g/mol. The first-order valence-corrected chi connectivity index (χ1v) is 10.6. The van der Waals surface area contributed by atoms with Crippen LogP contribution >= 0.6 is 0 Å². The maximum Gasteiger partial charge on any atom is 0.310 e. The summed E-state index contributed by atoms with van der Waals surface area (Å²) in [5, 5.41) is 0. The number of nitrogens with zero attached hydrogens (tertiary/aromatic N) is 3. The van der Waals surface area contributed by atoms with E-state index in [1.807, 2.05) is 0 Å². The fourth-order valence-electron chi connectivity index (χ4n) is 2.76. The molecular formula is C18H29N3O6S. The Labute approximate surface area is 165 Å². The van der Waals surface area contributed by atoms with Gasteiger partial charge in [0.1, 0.15) is 6.54 Å². The van der Waals surface area contributed by atoms with Crippen LogP contribution < -0.4 is 5.56 Å². The highest BCUT2D eigenvalue weighted by Gasteiger charge is 2.24. The molecule has 1 atom stereocenters. The van der Waals surface area contributed by atoms with E-state index in [9.17, 15) is 22.8 Å². The number of methoxy groups -OCH3 is 1. The second-order valence-corrected chi connectivity index (χ2v) is 8.21. The van der Waals surface area contributed by atoms with Crippen molar-refractivity contribution in [3.8, 4) is 0 Å². The fraction of sp³-hybridized carbons (Fsp3) is 0.611. The van der Waals surface area contributed by atoms with Crippen molar-refractivity contribution in [2.45, 2.75) is 39.1 Å². The zero-order chi connectivity index (χ0) is 21.5.